The van der Waals surface area contributed by atoms with Gasteiger partial charge in [0, 0.05) is 16.1 Å². The van der Waals surface area contributed by atoms with Gasteiger partial charge in [0.15, 0.2) is 0 Å². The van der Waals surface area contributed by atoms with E-state index in [2.05, 4.69) is 21.2 Å². The van der Waals surface area contributed by atoms with E-state index in [0.717, 1.165) is 17.3 Å². The van der Waals surface area contributed by atoms with Crippen molar-refractivity contribution in [3.63, 3.8) is 0 Å². The molecule has 2 rings (SSSR count). The van der Waals surface area contributed by atoms with Gasteiger partial charge in [0.1, 0.15) is 0 Å². The molecule has 2 atom stereocenters. The van der Waals surface area contributed by atoms with Crippen LogP contribution in [0.5, 0.6) is 0 Å². The van der Waals surface area contributed by atoms with Gasteiger partial charge in [0.05, 0.1) is 17.7 Å². The number of ether oxygens (including phenoxy) is 1. The van der Waals surface area contributed by atoms with E-state index in [1.807, 2.05) is 13.0 Å². The minimum Gasteiger partial charge on any atom is -0.377 e. The highest BCUT2D eigenvalue weighted by Crippen LogP contribution is 2.29. The SMILES string of the molecule is CCC1OCCC1C(=O)Nc1cc(Cl)ccc1Br. The van der Waals surface area contributed by atoms with Gasteiger partial charge in [-0.1, -0.05) is 18.5 Å². The van der Waals surface area contributed by atoms with E-state index >= 15 is 0 Å². The summed E-state index contributed by atoms with van der Waals surface area (Å²) >= 11 is 9.31. The van der Waals surface area contributed by atoms with Crippen molar-refractivity contribution in [2.75, 3.05) is 11.9 Å². The third kappa shape index (κ3) is 3.05. The summed E-state index contributed by atoms with van der Waals surface area (Å²) in [7, 11) is 0. The Balaban J connectivity index is 2.09. The Labute approximate surface area is 120 Å². The highest BCUT2D eigenvalue weighted by atomic mass is 79.9. The van der Waals surface area contributed by atoms with Crippen molar-refractivity contribution in [3.05, 3.63) is 27.7 Å². The van der Waals surface area contributed by atoms with Gasteiger partial charge in [-0.25, -0.2) is 0 Å². The first-order valence-corrected chi connectivity index (χ1v) is 7.16. The molecule has 5 heteroatoms. The molecule has 0 radical (unpaired) electrons. The summed E-state index contributed by atoms with van der Waals surface area (Å²) < 4.78 is 6.36. The zero-order valence-corrected chi connectivity index (χ0v) is 12.4. The normalized spacial score (nSPS) is 23.1. The second kappa shape index (κ2) is 6.04. The summed E-state index contributed by atoms with van der Waals surface area (Å²) in [5.41, 5.74) is 0.703. The van der Waals surface area contributed by atoms with Crippen LogP contribution in [0.2, 0.25) is 5.02 Å². The number of carbonyl (C=O) groups excluding carboxylic acids is 1. The molecule has 1 heterocycles. The molecule has 2 unspecified atom stereocenters. The van der Waals surface area contributed by atoms with Crippen molar-refractivity contribution < 1.29 is 9.53 Å². The first kappa shape index (κ1) is 13.8. The number of benzene rings is 1. The molecule has 0 saturated carbocycles. The molecule has 1 saturated heterocycles. The number of rotatable bonds is 3. The largest absolute Gasteiger partial charge is 0.377 e. The fourth-order valence-electron chi connectivity index (χ4n) is 2.17. The molecule has 1 N–H and O–H groups in total. The predicted molar refractivity (Wildman–Crippen MR) is 75.9 cm³/mol. The minimum absolute atomic E-state index is 0.00215. The Morgan fingerprint density at radius 2 is 2.39 bits per heavy atom. The molecule has 0 aliphatic carbocycles. The van der Waals surface area contributed by atoms with E-state index in [9.17, 15) is 4.79 Å². The molecule has 1 amide bonds. The zero-order valence-electron chi connectivity index (χ0n) is 10.1. The molecule has 1 fully saturated rings. The lowest BCUT2D eigenvalue weighted by atomic mass is 9.98. The second-order valence-corrected chi connectivity index (χ2v) is 5.62. The number of nitrogens with one attached hydrogen (secondary N) is 1. The van der Waals surface area contributed by atoms with Crippen molar-refractivity contribution in [2.45, 2.75) is 25.9 Å². The Kier molecular flexibility index (Phi) is 4.65. The zero-order chi connectivity index (χ0) is 13.1. The molecule has 1 aliphatic heterocycles. The maximum absolute atomic E-state index is 12.2. The fourth-order valence-corrected chi connectivity index (χ4v) is 2.69. The maximum atomic E-state index is 12.2. The van der Waals surface area contributed by atoms with Crippen molar-refractivity contribution in [2.24, 2.45) is 5.92 Å². The molecule has 0 spiro atoms. The highest BCUT2D eigenvalue weighted by Gasteiger charge is 2.32. The Morgan fingerprint density at radius 1 is 1.61 bits per heavy atom. The smallest absolute Gasteiger partial charge is 0.230 e. The van der Waals surface area contributed by atoms with Crippen LogP contribution in [-0.4, -0.2) is 18.6 Å². The van der Waals surface area contributed by atoms with Crippen LogP contribution in [0, 0.1) is 5.92 Å². The first-order valence-electron chi connectivity index (χ1n) is 5.99. The third-order valence-electron chi connectivity index (χ3n) is 3.13. The molecule has 98 valence electrons. The van der Waals surface area contributed by atoms with Crippen LogP contribution in [0.3, 0.4) is 0 Å². The van der Waals surface area contributed by atoms with Crippen LogP contribution in [0.25, 0.3) is 0 Å². The van der Waals surface area contributed by atoms with Gasteiger partial charge in [-0.3, -0.25) is 4.79 Å². The first-order chi connectivity index (χ1) is 8.61. The Hall–Kier alpha value is -0.580. The number of hydrogen-bond acceptors (Lipinski definition) is 2. The van der Waals surface area contributed by atoms with Crippen molar-refractivity contribution >= 4 is 39.1 Å². The van der Waals surface area contributed by atoms with E-state index in [4.69, 9.17) is 16.3 Å². The standard InChI is InChI=1S/C13H15BrClNO2/c1-2-12-9(5-6-18-12)13(17)16-11-7-8(15)3-4-10(11)14/h3-4,7,9,12H,2,5-6H2,1H3,(H,16,17). The van der Waals surface area contributed by atoms with Gasteiger partial charge in [-0.05, 0) is 47.0 Å². The van der Waals surface area contributed by atoms with E-state index in [1.165, 1.54) is 0 Å². The van der Waals surface area contributed by atoms with Crippen LogP contribution >= 0.6 is 27.5 Å². The summed E-state index contributed by atoms with van der Waals surface area (Å²) in [5, 5.41) is 3.51. The summed E-state index contributed by atoms with van der Waals surface area (Å²) in [6, 6.07) is 5.33. The van der Waals surface area contributed by atoms with E-state index in [0.29, 0.717) is 17.3 Å². The lowest BCUT2D eigenvalue weighted by Gasteiger charge is -2.17. The van der Waals surface area contributed by atoms with E-state index in [1.54, 1.807) is 12.1 Å². The Morgan fingerprint density at radius 3 is 3.11 bits per heavy atom. The average Bonchev–Trinajstić information content (AvgIpc) is 2.82. The van der Waals surface area contributed by atoms with E-state index in [-0.39, 0.29) is 17.9 Å². The number of halogens is 2. The molecule has 3 nitrogen and oxygen atoms in total. The van der Waals surface area contributed by atoms with Crippen LogP contribution in [-0.2, 0) is 9.53 Å². The average molecular weight is 333 g/mol. The Bertz CT molecular complexity index is 453. The summed E-state index contributed by atoms with van der Waals surface area (Å²) in [5.74, 6) is -0.0665. The molecule has 1 aliphatic rings. The van der Waals surface area contributed by atoms with Crippen LogP contribution < -0.4 is 5.32 Å². The third-order valence-corrected chi connectivity index (χ3v) is 4.06. The van der Waals surface area contributed by atoms with Crippen LogP contribution in [0.4, 0.5) is 5.69 Å². The second-order valence-electron chi connectivity index (χ2n) is 4.33. The molecule has 1 aromatic rings. The summed E-state index contributed by atoms with van der Waals surface area (Å²) in [4.78, 5) is 12.2. The highest BCUT2D eigenvalue weighted by molar-refractivity contribution is 9.10. The topological polar surface area (TPSA) is 38.3 Å². The van der Waals surface area contributed by atoms with Crippen molar-refractivity contribution in [3.8, 4) is 0 Å². The van der Waals surface area contributed by atoms with Gasteiger partial charge in [0.25, 0.3) is 0 Å². The number of anilines is 1. The molecule has 0 aromatic heterocycles. The predicted octanol–water partition coefficient (Wildman–Crippen LogP) is 3.86. The maximum Gasteiger partial charge on any atom is 0.230 e. The molecule has 1 aromatic carbocycles. The van der Waals surface area contributed by atoms with Gasteiger partial charge >= 0.3 is 0 Å². The molecule has 18 heavy (non-hydrogen) atoms. The number of amides is 1. The minimum atomic E-state index is -0.0686. The lowest BCUT2D eigenvalue weighted by Crippen LogP contribution is -2.29. The van der Waals surface area contributed by atoms with Gasteiger partial charge in [-0.15, -0.1) is 0 Å². The van der Waals surface area contributed by atoms with Gasteiger partial charge in [0.2, 0.25) is 5.91 Å². The van der Waals surface area contributed by atoms with Crippen molar-refractivity contribution in [1.29, 1.82) is 0 Å². The van der Waals surface area contributed by atoms with E-state index < -0.39 is 0 Å². The molecular weight excluding hydrogens is 318 g/mol. The molecule has 0 bridgehead atoms. The quantitative estimate of drug-likeness (QED) is 0.913. The summed E-state index contributed by atoms with van der Waals surface area (Å²) in [6.45, 7) is 2.69. The monoisotopic (exact) mass is 331 g/mol. The van der Waals surface area contributed by atoms with Crippen molar-refractivity contribution in [1.82, 2.24) is 0 Å². The van der Waals surface area contributed by atoms with Crippen LogP contribution in [0.1, 0.15) is 19.8 Å². The number of carbonyl (C=O) groups is 1. The fraction of sp³-hybridized carbons (Fsp3) is 0.462. The van der Waals surface area contributed by atoms with Gasteiger partial charge in [-0.2, -0.15) is 0 Å². The molecular formula is C13H15BrClNO2. The number of hydrogen-bond donors (Lipinski definition) is 1. The summed E-state index contributed by atoms with van der Waals surface area (Å²) in [6.07, 6.45) is 1.67. The van der Waals surface area contributed by atoms with Crippen LogP contribution in [0.15, 0.2) is 22.7 Å². The van der Waals surface area contributed by atoms with Gasteiger partial charge < -0.3 is 10.1 Å². The lowest BCUT2D eigenvalue weighted by molar-refractivity contribution is -0.121.